The van der Waals surface area contributed by atoms with Gasteiger partial charge in [-0.15, -0.1) is 0 Å². The number of benzene rings is 6. The van der Waals surface area contributed by atoms with Crippen LogP contribution >= 0.6 is 11.6 Å². The number of halogens is 1. The molecule has 11 heteroatoms. The molecule has 0 spiro atoms. The van der Waals surface area contributed by atoms with Crippen LogP contribution in [0, 0.1) is 60.8 Å². The van der Waals surface area contributed by atoms with Crippen LogP contribution in [0.5, 0.6) is 23.0 Å². The molecule has 2 atom stereocenters. The van der Waals surface area contributed by atoms with Gasteiger partial charge >= 0.3 is 0 Å². The zero-order valence-electron chi connectivity index (χ0n) is 76.4. The third-order valence-electron chi connectivity index (χ3n) is 22.2. The molecule has 2 unspecified atom stereocenters. The van der Waals surface area contributed by atoms with E-state index in [-0.39, 0.29) is 18.4 Å². The van der Waals surface area contributed by atoms with E-state index in [0.717, 1.165) is 103 Å². The summed E-state index contributed by atoms with van der Waals surface area (Å²) in [7, 11) is 0. The second-order valence-electron chi connectivity index (χ2n) is 33.7. The van der Waals surface area contributed by atoms with Gasteiger partial charge in [0, 0.05) is 10.7 Å². The standard InChI is InChI=1S/C32H47N3O3.C22H38O.C20H34O.C19H31ClO.C12H18O/c1-4-5-6-7-8-9-10-11-12-16-22-29(30(36)33-27-19-17-18-26(2)23-27)38-25-32(3)24-35(34-31(32)37)28-20-14-13-15-21-28;1-4-5-6-7-8-9-10-11-12-13-14-15-18-23-22-19-20(2)16-17-21(22)3;1-4-5-6-7-8-9-10-11-12-13-16-21-20-15-14-18(2)19(3)17-20;1-3-4-5-6-7-8-9-10-11-12-15-21-19-14-13-18(20)16-17(19)2;1-4-5-8-13-12-7-6-10(2)9-11(12)3/h13-15,17-21,23,29H,4-12,16,22,24-25H2,1-3H3,(H,33,36)(H,34,37);16-17,19H,4-15,18H2,1-3H3;14-15,17H,4-13,16H2,1-3H3;13-14,16H,3-12,15H2,1-2H3;6-7,9H,4-5,8H2,1-3H3. The number of unbranched alkanes of at least 4 members (excludes halogenated alkanes) is 39. The highest BCUT2D eigenvalue weighted by Gasteiger charge is 2.44. The molecule has 116 heavy (non-hydrogen) atoms. The first kappa shape index (κ1) is 104. The van der Waals surface area contributed by atoms with Crippen LogP contribution in [0.25, 0.3) is 0 Å². The van der Waals surface area contributed by atoms with Crippen molar-refractivity contribution in [2.75, 3.05) is 49.9 Å². The highest BCUT2D eigenvalue weighted by Crippen LogP contribution is 2.31. The van der Waals surface area contributed by atoms with E-state index >= 15 is 0 Å². The van der Waals surface area contributed by atoms with Gasteiger partial charge in [0.2, 0.25) is 5.91 Å². The number of nitrogens with one attached hydrogen (secondary N) is 2. The number of para-hydroxylation sites is 1. The maximum absolute atomic E-state index is 13.2. The van der Waals surface area contributed by atoms with Gasteiger partial charge < -0.3 is 29.0 Å². The first-order chi connectivity index (χ1) is 56.4. The van der Waals surface area contributed by atoms with Gasteiger partial charge in [-0.2, -0.15) is 0 Å². The summed E-state index contributed by atoms with van der Waals surface area (Å²) in [4.78, 5) is 26.1. The lowest BCUT2D eigenvalue weighted by Gasteiger charge is -2.25. The van der Waals surface area contributed by atoms with E-state index in [1.54, 1.807) is 0 Å². The molecule has 6 aromatic carbocycles. The Kier molecular flexibility index (Phi) is 61.1. The summed E-state index contributed by atoms with van der Waals surface area (Å²) in [6.07, 6.45) is 58.7. The summed E-state index contributed by atoms with van der Waals surface area (Å²) in [5.41, 5.74) is 13.8. The minimum atomic E-state index is -0.741. The zero-order valence-corrected chi connectivity index (χ0v) is 77.2. The van der Waals surface area contributed by atoms with Crippen LogP contribution in [-0.2, 0) is 14.3 Å². The van der Waals surface area contributed by atoms with E-state index in [1.807, 2.05) is 98.6 Å². The normalized spacial score (nSPS) is 13.1. The van der Waals surface area contributed by atoms with Crippen molar-refractivity contribution >= 4 is 34.8 Å². The lowest BCUT2D eigenvalue weighted by atomic mass is 9.92. The molecule has 1 saturated heterocycles. The molecule has 2 amide bonds. The predicted molar refractivity (Wildman–Crippen MR) is 502 cm³/mol. The number of ether oxygens (including phenoxy) is 5. The van der Waals surface area contributed by atoms with E-state index in [1.165, 1.54) is 290 Å². The van der Waals surface area contributed by atoms with Gasteiger partial charge in [0.15, 0.2) is 0 Å². The third-order valence-corrected chi connectivity index (χ3v) is 22.4. The van der Waals surface area contributed by atoms with Crippen molar-refractivity contribution in [2.24, 2.45) is 5.41 Å². The molecule has 7 rings (SSSR count). The van der Waals surface area contributed by atoms with Crippen LogP contribution in [0.4, 0.5) is 11.4 Å². The smallest absolute Gasteiger partial charge is 0.253 e. The Morgan fingerprint density at radius 3 is 1.26 bits per heavy atom. The fourth-order valence-corrected chi connectivity index (χ4v) is 14.6. The molecule has 10 nitrogen and oxygen atoms in total. The molecule has 0 bridgehead atoms. The Labute approximate surface area is 716 Å². The molecule has 652 valence electrons. The molecule has 1 aliphatic heterocycles. The molecule has 6 aromatic rings. The number of hydrogen-bond donors (Lipinski definition) is 2. The van der Waals surface area contributed by atoms with Gasteiger partial charge in [0.25, 0.3) is 5.91 Å². The Hall–Kier alpha value is -6.49. The van der Waals surface area contributed by atoms with Crippen LogP contribution in [0.2, 0.25) is 5.02 Å². The first-order valence-electron chi connectivity index (χ1n) is 47.0. The van der Waals surface area contributed by atoms with Gasteiger partial charge in [-0.25, -0.2) is 0 Å². The van der Waals surface area contributed by atoms with Crippen molar-refractivity contribution in [2.45, 2.75) is 392 Å². The number of carbonyl (C=O) groups is 2. The highest BCUT2D eigenvalue weighted by atomic mass is 35.5. The Morgan fingerprint density at radius 1 is 0.388 bits per heavy atom. The number of hydrazine groups is 1. The summed E-state index contributed by atoms with van der Waals surface area (Å²) in [5, 5.41) is 5.66. The first-order valence-corrected chi connectivity index (χ1v) is 47.4. The molecule has 0 radical (unpaired) electrons. The third kappa shape index (κ3) is 51.1. The zero-order chi connectivity index (χ0) is 84.3. The predicted octanol–water partition coefficient (Wildman–Crippen LogP) is 31.6. The SMILES string of the molecule is CCCCCCCCCCCCC(OCC1(C)CN(c2ccccc2)NC1=O)C(=O)Nc1cccc(C)c1.CCCCCCCCCCCCCCOc1cc(C)ccc1C.CCCCCCCCCCCCOc1ccc(C)c(C)c1.CCCCCCCCCCCCOc1ccc(Cl)cc1C.CCCCOc1ccc(C)cc1C. The van der Waals surface area contributed by atoms with Gasteiger partial charge in [0.1, 0.15) is 29.1 Å². The minimum Gasteiger partial charge on any atom is -0.494 e. The number of rotatable bonds is 59. The minimum absolute atomic E-state index is 0.0851. The van der Waals surface area contributed by atoms with Crippen molar-refractivity contribution in [1.29, 1.82) is 0 Å². The van der Waals surface area contributed by atoms with Crippen LogP contribution in [-0.4, -0.2) is 57.5 Å². The Bertz CT molecular complexity index is 3390. The summed E-state index contributed by atoms with van der Waals surface area (Å²) >= 11 is 5.93. The number of amides is 2. The summed E-state index contributed by atoms with van der Waals surface area (Å²) in [6.45, 7) is 34.0. The van der Waals surface area contributed by atoms with Crippen molar-refractivity contribution in [3.8, 4) is 23.0 Å². The molecule has 0 saturated carbocycles. The quantitative estimate of drug-likeness (QED) is 0.0364. The maximum Gasteiger partial charge on any atom is 0.253 e. The summed E-state index contributed by atoms with van der Waals surface area (Å²) in [5.74, 6) is 3.85. The molecule has 1 aliphatic rings. The molecule has 1 fully saturated rings. The van der Waals surface area contributed by atoms with Crippen LogP contribution in [0.1, 0.15) is 375 Å². The lowest BCUT2D eigenvalue weighted by molar-refractivity contribution is -0.137. The number of aryl methyl sites for hydroxylation is 8. The molecule has 0 aliphatic carbocycles. The average Bonchev–Trinajstić information content (AvgIpc) is 1.65. The number of carbonyl (C=O) groups excluding carboxylic acids is 2. The van der Waals surface area contributed by atoms with Crippen molar-refractivity contribution in [3.63, 3.8) is 0 Å². The van der Waals surface area contributed by atoms with Crippen molar-refractivity contribution in [1.82, 2.24) is 5.43 Å². The Morgan fingerprint density at radius 2 is 0.793 bits per heavy atom. The molecular weight excluding hydrogens is 1450 g/mol. The molecular formula is C105H168ClN3O7. The average molecular weight is 1620 g/mol. The maximum atomic E-state index is 13.2. The van der Waals surface area contributed by atoms with Gasteiger partial charge in [-0.1, -0.05) is 369 Å². The molecule has 1 heterocycles. The monoisotopic (exact) mass is 1620 g/mol. The van der Waals surface area contributed by atoms with E-state index in [0.29, 0.717) is 13.0 Å². The summed E-state index contributed by atoms with van der Waals surface area (Å²) < 4.78 is 29.4. The number of nitrogens with zero attached hydrogens (tertiary/aromatic N) is 1. The van der Waals surface area contributed by atoms with Crippen molar-refractivity contribution in [3.05, 3.63) is 177 Å². The van der Waals surface area contributed by atoms with Crippen LogP contribution in [0.3, 0.4) is 0 Å². The second kappa shape index (κ2) is 68.3. The fourth-order valence-electron chi connectivity index (χ4n) is 14.3. The topological polar surface area (TPSA) is 108 Å². The van der Waals surface area contributed by atoms with Crippen molar-refractivity contribution < 1.29 is 33.3 Å². The number of anilines is 2. The van der Waals surface area contributed by atoms with Crippen LogP contribution in [0.15, 0.2) is 127 Å². The van der Waals surface area contributed by atoms with Gasteiger partial charge in [-0.05, 0) is 200 Å². The summed E-state index contributed by atoms with van der Waals surface area (Å²) in [6, 6.07) is 42.5. The Balaban J connectivity index is 0.000000392. The van der Waals surface area contributed by atoms with Gasteiger partial charge in [0.05, 0.1) is 50.7 Å². The van der Waals surface area contributed by atoms with E-state index in [9.17, 15) is 9.59 Å². The van der Waals surface area contributed by atoms with E-state index < -0.39 is 11.5 Å². The van der Waals surface area contributed by atoms with Crippen LogP contribution < -0.4 is 34.7 Å². The second-order valence-corrected chi connectivity index (χ2v) is 34.2. The van der Waals surface area contributed by atoms with E-state index in [4.69, 9.17) is 35.3 Å². The van der Waals surface area contributed by atoms with Gasteiger partial charge in [-0.3, -0.25) is 20.0 Å². The highest BCUT2D eigenvalue weighted by molar-refractivity contribution is 6.30. The van der Waals surface area contributed by atoms with E-state index in [2.05, 4.69) is 142 Å². The molecule has 2 N–H and O–H groups in total. The lowest BCUT2D eigenvalue weighted by Crippen LogP contribution is -2.39. The fraction of sp³-hybridized carbons (Fsp3) is 0.638. The molecule has 0 aromatic heterocycles. The number of hydrogen-bond acceptors (Lipinski definition) is 8. The largest absolute Gasteiger partial charge is 0.494 e.